The van der Waals surface area contributed by atoms with Gasteiger partial charge in [-0.1, -0.05) is 37.3 Å². The fourth-order valence-electron chi connectivity index (χ4n) is 3.87. The lowest BCUT2D eigenvalue weighted by Crippen LogP contribution is -2.36. The molecule has 0 spiro atoms. The molecule has 2 fully saturated rings. The van der Waals surface area contributed by atoms with Gasteiger partial charge in [0, 0.05) is 5.92 Å². The summed E-state index contributed by atoms with van der Waals surface area (Å²) in [6.07, 6.45) is 0.203. The number of phosphoric acid groups is 1. The van der Waals surface area contributed by atoms with Gasteiger partial charge in [0.1, 0.15) is 18.4 Å². The fraction of sp³-hybridized carbons (Fsp3) is 0.421. The van der Waals surface area contributed by atoms with Gasteiger partial charge in [0.05, 0.1) is 26.7 Å². The normalized spacial score (nSPS) is 30.4. The summed E-state index contributed by atoms with van der Waals surface area (Å²) in [7, 11) is -2.24. The number of hydrogen-bond donors (Lipinski definition) is 1. The van der Waals surface area contributed by atoms with Gasteiger partial charge in [0.15, 0.2) is 11.2 Å². The van der Waals surface area contributed by atoms with Crippen LogP contribution in [-0.4, -0.2) is 45.4 Å². The quantitative estimate of drug-likeness (QED) is 0.582. The number of methoxy groups -OCH3 is 1. The van der Waals surface area contributed by atoms with Gasteiger partial charge >= 0.3 is 7.82 Å². The van der Waals surface area contributed by atoms with Crippen molar-refractivity contribution in [2.45, 2.75) is 32.0 Å². The van der Waals surface area contributed by atoms with Gasteiger partial charge in [-0.3, -0.25) is 18.1 Å². The van der Waals surface area contributed by atoms with Crippen molar-refractivity contribution in [2.75, 3.05) is 19.5 Å². The number of nitrogens with two attached hydrogens (primary N) is 1. The maximum absolute atomic E-state index is 13.0. The van der Waals surface area contributed by atoms with Gasteiger partial charge in [-0.2, -0.15) is 9.97 Å². The minimum absolute atomic E-state index is 0.0626. The number of nitrogens with zero attached hydrogens (tertiary/aromatic N) is 4. The second kappa shape index (κ2) is 7.85. The highest BCUT2D eigenvalue weighted by Gasteiger charge is 2.52. The van der Waals surface area contributed by atoms with Crippen LogP contribution >= 0.6 is 7.82 Å². The van der Waals surface area contributed by atoms with E-state index >= 15 is 0 Å². The van der Waals surface area contributed by atoms with Crippen LogP contribution in [0, 0.1) is 5.92 Å². The standard InChI is InChI=1S/C19H22N5O6P/c1-11-15-13(9-28-31(25,30-15)27-8-12-6-4-3-5-7-12)29-18(11)24-10-21-14-16(24)22-19(20)23-17(14)26-2/h3-7,10-11,13,15,18H,8-9H2,1-2H3,(H2,20,22,23). The van der Waals surface area contributed by atoms with E-state index in [-0.39, 0.29) is 31.0 Å². The summed E-state index contributed by atoms with van der Waals surface area (Å²) in [6, 6.07) is 9.41. The van der Waals surface area contributed by atoms with Crippen LogP contribution in [0.15, 0.2) is 36.7 Å². The van der Waals surface area contributed by atoms with E-state index in [9.17, 15) is 4.57 Å². The maximum atomic E-state index is 13.0. The minimum atomic E-state index is -3.73. The molecule has 0 bridgehead atoms. The van der Waals surface area contributed by atoms with E-state index in [0.29, 0.717) is 11.2 Å². The zero-order valence-corrected chi connectivity index (χ0v) is 17.8. The predicted octanol–water partition coefficient (Wildman–Crippen LogP) is 2.69. The number of phosphoric ester groups is 1. The third-order valence-corrected chi connectivity index (χ3v) is 6.82. The topological polar surface area (TPSA) is 133 Å². The third-order valence-electron chi connectivity index (χ3n) is 5.40. The van der Waals surface area contributed by atoms with Crippen molar-refractivity contribution >= 4 is 24.9 Å². The summed E-state index contributed by atoms with van der Waals surface area (Å²) >= 11 is 0. The summed E-state index contributed by atoms with van der Waals surface area (Å²) in [5.41, 5.74) is 7.63. The second-order valence-electron chi connectivity index (χ2n) is 7.41. The fourth-order valence-corrected chi connectivity index (χ4v) is 5.33. The average Bonchev–Trinajstić information content (AvgIpc) is 3.33. The summed E-state index contributed by atoms with van der Waals surface area (Å²) < 4.78 is 43.0. The molecule has 31 heavy (non-hydrogen) atoms. The molecule has 2 aromatic heterocycles. The molecule has 2 aliphatic heterocycles. The van der Waals surface area contributed by atoms with E-state index in [1.165, 1.54) is 7.11 Å². The molecule has 2 N–H and O–H groups in total. The van der Waals surface area contributed by atoms with Gasteiger partial charge < -0.3 is 15.2 Å². The zero-order chi connectivity index (χ0) is 21.6. The smallest absolute Gasteiger partial charge is 0.475 e. The Balaban J connectivity index is 1.36. The first-order chi connectivity index (χ1) is 15.0. The molecule has 12 heteroatoms. The number of aromatic nitrogens is 4. The van der Waals surface area contributed by atoms with E-state index in [4.69, 9.17) is 28.8 Å². The molecular weight excluding hydrogens is 425 g/mol. The zero-order valence-electron chi connectivity index (χ0n) is 17.0. The molecule has 11 nitrogen and oxygen atoms in total. The lowest BCUT2D eigenvalue weighted by atomic mass is 10.0. The van der Waals surface area contributed by atoms with Crippen LogP contribution in [0.5, 0.6) is 5.88 Å². The SMILES string of the molecule is COc1nc(N)nc2c1ncn2C1OC2COP(=O)(OCc3ccccc3)OC2C1C. The summed E-state index contributed by atoms with van der Waals surface area (Å²) in [4.78, 5) is 12.7. The lowest BCUT2D eigenvalue weighted by molar-refractivity contribution is -0.0714. The van der Waals surface area contributed by atoms with Crippen LogP contribution in [0.25, 0.3) is 11.2 Å². The van der Waals surface area contributed by atoms with Gasteiger partial charge in [-0.15, -0.1) is 0 Å². The molecule has 0 radical (unpaired) electrons. The number of fused-ring (bicyclic) bond motifs is 2. The monoisotopic (exact) mass is 447 g/mol. The molecule has 5 atom stereocenters. The Morgan fingerprint density at radius 2 is 2.10 bits per heavy atom. The number of benzene rings is 1. The van der Waals surface area contributed by atoms with Gasteiger partial charge in [-0.25, -0.2) is 9.55 Å². The highest BCUT2D eigenvalue weighted by Crippen LogP contribution is 2.58. The number of rotatable bonds is 5. The summed E-state index contributed by atoms with van der Waals surface area (Å²) in [6.45, 7) is 2.15. The Kier molecular flexibility index (Phi) is 5.15. The van der Waals surface area contributed by atoms with Crippen LogP contribution in [0.2, 0.25) is 0 Å². The molecule has 2 saturated heterocycles. The predicted molar refractivity (Wildman–Crippen MR) is 109 cm³/mol. The maximum Gasteiger partial charge on any atom is 0.475 e. The average molecular weight is 447 g/mol. The second-order valence-corrected chi connectivity index (χ2v) is 9.03. The van der Waals surface area contributed by atoms with Crippen molar-refractivity contribution < 1.29 is 27.6 Å². The van der Waals surface area contributed by atoms with Crippen molar-refractivity contribution in [3.05, 3.63) is 42.2 Å². The summed E-state index contributed by atoms with van der Waals surface area (Å²) in [5.74, 6) is 0.150. The minimum Gasteiger partial charge on any atom is -0.479 e. The molecule has 0 aliphatic carbocycles. The van der Waals surface area contributed by atoms with E-state index in [2.05, 4.69) is 15.0 Å². The number of nitrogen functional groups attached to an aromatic ring is 1. The van der Waals surface area contributed by atoms with E-state index < -0.39 is 26.3 Å². The first-order valence-electron chi connectivity index (χ1n) is 9.78. The van der Waals surface area contributed by atoms with Crippen LogP contribution in [-0.2, 0) is 29.5 Å². The first-order valence-corrected chi connectivity index (χ1v) is 11.2. The van der Waals surface area contributed by atoms with Crippen LogP contribution < -0.4 is 10.5 Å². The van der Waals surface area contributed by atoms with E-state index in [1.807, 2.05) is 37.3 Å². The third kappa shape index (κ3) is 3.68. The molecule has 0 saturated carbocycles. The molecule has 2 aliphatic rings. The van der Waals surface area contributed by atoms with Gasteiger partial charge in [0.2, 0.25) is 11.8 Å². The first kappa shape index (κ1) is 20.3. The Bertz CT molecular complexity index is 1140. The van der Waals surface area contributed by atoms with Gasteiger partial charge in [0.25, 0.3) is 0 Å². The van der Waals surface area contributed by atoms with Crippen molar-refractivity contribution in [3.8, 4) is 5.88 Å². The van der Waals surface area contributed by atoms with E-state index in [0.717, 1.165) is 5.56 Å². The molecule has 164 valence electrons. The molecular formula is C19H22N5O6P. The number of anilines is 1. The van der Waals surface area contributed by atoms with Crippen molar-refractivity contribution in [1.82, 2.24) is 19.5 Å². The van der Waals surface area contributed by atoms with Gasteiger partial charge in [-0.05, 0) is 5.56 Å². The highest BCUT2D eigenvalue weighted by atomic mass is 31.2. The highest BCUT2D eigenvalue weighted by molar-refractivity contribution is 7.48. The molecule has 1 aromatic carbocycles. The molecule has 3 aromatic rings. The molecule has 0 amide bonds. The van der Waals surface area contributed by atoms with Crippen molar-refractivity contribution in [3.63, 3.8) is 0 Å². The lowest BCUT2D eigenvalue weighted by Gasteiger charge is -2.31. The van der Waals surface area contributed by atoms with E-state index in [1.54, 1.807) is 10.9 Å². The molecule has 4 heterocycles. The Hall–Kier alpha value is -2.56. The van der Waals surface area contributed by atoms with Crippen LogP contribution in [0.1, 0.15) is 18.7 Å². The number of ether oxygens (including phenoxy) is 2. The number of imidazole rings is 1. The van der Waals surface area contributed by atoms with Crippen molar-refractivity contribution in [2.24, 2.45) is 5.92 Å². The summed E-state index contributed by atoms with van der Waals surface area (Å²) in [5, 5.41) is 0. The number of hydrogen-bond acceptors (Lipinski definition) is 10. The van der Waals surface area contributed by atoms with Crippen LogP contribution in [0.4, 0.5) is 5.95 Å². The Morgan fingerprint density at radius 3 is 2.87 bits per heavy atom. The Labute approximate surface area is 178 Å². The molecule has 5 rings (SSSR count). The van der Waals surface area contributed by atoms with Crippen LogP contribution in [0.3, 0.4) is 0 Å². The molecule has 5 unspecified atom stereocenters. The Morgan fingerprint density at radius 1 is 1.29 bits per heavy atom. The van der Waals surface area contributed by atoms with Crippen molar-refractivity contribution in [1.29, 1.82) is 0 Å². The largest absolute Gasteiger partial charge is 0.479 e.